The molecule has 0 atom stereocenters. The summed E-state index contributed by atoms with van der Waals surface area (Å²) in [5.41, 5.74) is 5.30. The number of fused-ring (bicyclic) bond motifs is 1. The molecule has 0 spiro atoms. The molecule has 1 heterocycles. The number of carbonyl (C=O) groups excluding carboxylic acids is 1. The number of carbonyl (C=O) groups is 1. The van der Waals surface area contributed by atoms with E-state index in [0.29, 0.717) is 16.9 Å². The number of aromatic nitrogens is 1. The van der Waals surface area contributed by atoms with Gasteiger partial charge in [-0.25, -0.2) is 0 Å². The number of amides is 1. The largest absolute Gasteiger partial charge is 0.312 e. The minimum absolute atomic E-state index is 0.224. The Morgan fingerprint density at radius 3 is 2.45 bits per heavy atom. The fourth-order valence-corrected chi connectivity index (χ4v) is 4.55. The topological polar surface area (TPSA) is 34.4 Å². The van der Waals surface area contributed by atoms with Crippen LogP contribution in [0.2, 0.25) is 0 Å². The highest BCUT2D eigenvalue weighted by Gasteiger charge is 2.10. The van der Waals surface area contributed by atoms with E-state index in [0.717, 1.165) is 16.6 Å². The lowest BCUT2D eigenvalue weighted by molar-refractivity contribution is 0.0998. The van der Waals surface area contributed by atoms with Gasteiger partial charge >= 0.3 is 0 Å². The second kappa shape index (κ2) is 8.41. The van der Waals surface area contributed by atoms with Crippen LogP contribution in [-0.4, -0.2) is 10.5 Å². The minimum Gasteiger partial charge on any atom is -0.312 e. The van der Waals surface area contributed by atoms with E-state index in [1.54, 1.807) is 0 Å². The van der Waals surface area contributed by atoms with E-state index in [-0.39, 0.29) is 5.91 Å². The van der Waals surface area contributed by atoms with Crippen molar-refractivity contribution in [3.8, 4) is 0 Å². The number of allylic oxidation sites excluding steroid dienone is 1. The van der Waals surface area contributed by atoms with Gasteiger partial charge in [-0.05, 0) is 48.2 Å². The number of nitrogens with zero attached hydrogens (tertiary/aromatic N) is 2. The Balaban J connectivity index is 1.65. The molecular weight excluding hydrogens is 376 g/mol. The third-order valence-electron chi connectivity index (χ3n) is 4.86. The molecule has 29 heavy (non-hydrogen) atoms. The van der Waals surface area contributed by atoms with Crippen molar-refractivity contribution in [3.05, 3.63) is 113 Å². The highest BCUT2D eigenvalue weighted by molar-refractivity contribution is 7.16. The van der Waals surface area contributed by atoms with E-state index in [2.05, 4.69) is 47.3 Å². The van der Waals surface area contributed by atoms with Gasteiger partial charge in [-0.2, -0.15) is 4.99 Å². The number of aryl methyl sites for hydroxylation is 1. The van der Waals surface area contributed by atoms with Gasteiger partial charge < -0.3 is 4.57 Å². The molecule has 1 aromatic heterocycles. The molecule has 0 aliphatic heterocycles. The maximum atomic E-state index is 12.8. The molecule has 0 aliphatic carbocycles. The van der Waals surface area contributed by atoms with Gasteiger partial charge in [-0.1, -0.05) is 72.0 Å². The number of rotatable bonds is 5. The van der Waals surface area contributed by atoms with Crippen LogP contribution in [0.5, 0.6) is 0 Å². The third kappa shape index (κ3) is 4.13. The van der Waals surface area contributed by atoms with Crippen molar-refractivity contribution in [2.75, 3.05) is 0 Å². The summed E-state index contributed by atoms with van der Waals surface area (Å²) in [4.78, 5) is 17.9. The Morgan fingerprint density at radius 1 is 1.00 bits per heavy atom. The van der Waals surface area contributed by atoms with Crippen LogP contribution in [0.15, 0.2) is 90.4 Å². The minimum atomic E-state index is -0.224. The molecule has 4 aromatic rings. The summed E-state index contributed by atoms with van der Waals surface area (Å²) >= 11 is 1.53. The van der Waals surface area contributed by atoms with Crippen LogP contribution in [0.25, 0.3) is 10.2 Å². The van der Waals surface area contributed by atoms with E-state index < -0.39 is 0 Å². The number of thiazole rings is 1. The summed E-state index contributed by atoms with van der Waals surface area (Å²) in [5, 5.41) is 0. The Morgan fingerprint density at radius 2 is 1.72 bits per heavy atom. The van der Waals surface area contributed by atoms with E-state index >= 15 is 0 Å². The summed E-state index contributed by atoms with van der Waals surface area (Å²) < 4.78 is 3.18. The quantitative estimate of drug-likeness (QED) is 0.407. The van der Waals surface area contributed by atoms with Gasteiger partial charge in [0.1, 0.15) is 0 Å². The van der Waals surface area contributed by atoms with Crippen LogP contribution in [0.4, 0.5) is 0 Å². The Labute approximate surface area is 174 Å². The monoisotopic (exact) mass is 398 g/mol. The van der Waals surface area contributed by atoms with Crippen molar-refractivity contribution in [3.63, 3.8) is 0 Å². The standard InChI is InChI=1S/C25H22N2OS/c1-3-16-27-23-18(2)8-7-11-22(23)29-25(27)26-24(28)21-14-12-20(13-15-21)17-19-9-5-4-6-10-19/h3-15H,1,16-17H2,2H3. The molecule has 0 bridgehead atoms. The first-order valence-electron chi connectivity index (χ1n) is 9.57. The summed E-state index contributed by atoms with van der Waals surface area (Å²) in [7, 11) is 0. The predicted molar refractivity (Wildman–Crippen MR) is 120 cm³/mol. The van der Waals surface area contributed by atoms with E-state index in [1.807, 2.05) is 54.6 Å². The van der Waals surface area contributed by atoms with Crippen LogP contribution < -0.4 is 4.80 Å². The summed E-state index contributed by atoms with van der Waals surface area (Å²) in [5.74, 6) is -0.224. The molecule has 0 saturated heterocycles. The van der Waals surface area contributed by atoms with Crippen LogP contribution >= 0.6 is 11.3 Å². The predicted octanol–water partition coefficient (Wildman–Crippen LogP) is 5.53. The van der Waals surface area contributed by atoms with E-state index in [1.165, 1.54) is 28.0 Å². The van der Waals surface area contributed by atoms with Crippen molar-refractivity contribution in [2.45, 2.75) is 19.9 Å². The van der Waals surface area contributed by atoms with Gasteiger partial charge in [0, 0.05) is 12.1 Å². The second-order valence-corrected chi connectivity index (χ2v) is 7.99. The molecule has 0 fully saturated rings. The molecule has 0 N–H and O–H groups in total. The average Bonchev–Trinajstić information content (AvgIpc) is 3.08. The molecular formula is C25H22N2OS. The van der Waals surface area contributed by atoms with Gasteiger partial charge in [-0.3, -0.25) is 4.79 Å². The fraction of sp³-hybridized carbons (Fsp3) is 0.120. The van der Waals surface area contributed by atoms with Crippen LogP contribution in [0.3, 0.4) is 0 Å². The van der Waals surface area contributed by atoms with Crippen molar-refractivity contribution in [1.29, 1.82) is 0 Å². The summed E-state index contributed by atoms with van der Waals surface area (Å²) in [6.45, 7) is 6.54. The smallest absolute Gasteiger partial charge is 0.279 e. The molecule has 0 unspecified atom stereocenters. The molecule has 0 aliphatic rings. The first-order valence-corrected chi connectivity index (χ1v) is 10.4. The highest BCUT2D eigenvalue weighted by atomic mass is 32.1. The molecule has 4 heteroatoms. The van der Waals surface area contributed by atoms with E-state index in [4.69, 9.17) is 0 Å². The summed E-state index contributed by atoms with van der Waals surface area (Å²) in [6, 6.07) is 24.2. The number of para-hydroxylation sites is 1. The SMILES string of the molecule is C=CCn1c(=NC(=O)c2ccc(Cc3ccccc3)cc2)sc2cccc(C)c21. The zero-order valence-corrected chi connectivity index (χ0v) is 17.2. The fourth-order valence-electron chi connectivity index (χ4n) is 3.44. The zero-order valence-electron chi connectivity index (χ0n) is 16.3. The Hall–Kier alpha value is -3.24. The van der Waals surface area contributed by atoms with Gasteiger partial charge in [0.15, 0.2) is 4.80 Å². The first kappa shape index (κ1) is 19.1. The molecule has 4 rings (SSSR count). The van der Waals surface area contributed by atoms with Gasteiger partial charge in [0.25, 0.3) is 5.91 Å². The van der Waals surface area contributed by atoms with Crippen molar-refractivity contribution in [2.24, 2.45) is 4.99 Å². The number of benzene rings is 3. The Bertz CT molecular complexity index is 1230. The van der Waals surface area contributed by atoms with Crippen molar-refractivity contribution >= 4 is 27.5 Å². The molecule has 3 nitrogen and oxygen atoms in total. The Kier molecular flexibility index (Phi) is 5.54. The van der Waals surface area contributed by atoms with Gasteiger partial charge in [0.2, 0.25) is 0 Å². The summed E-state index contributed by atoms with van der Waals surface area (Å²) in [6.07, 6.45) is 2.68. The maximum absolute atomic E-state index is 12.8. The van der Waals surface area contributed by atoms with Gasteiger partial charge in [0.05, 0.1) is 10.2 Å². The second-order valence-electron chi connectivity index (χ2n) is 6.98. The van der Waals surface area contributed by atoms with Crippen LogP contribution in [0.1, 0.15) is 27.0 Å². The van der Waals surface area contributed by atoms with Crippen LogP contribution in [-0.2, 0) is 13.0 Å². The van der Waals surface area contributed by atoms with Gasteiger partial charge in [-0.15, -0.1) is 6.58 Å². The number of hydrogen-bond acceptors (Lipinski definition) is 2. The number of hydrogen-bond donors (Lipinski definition) is 0. The molecule has 1 amide bonds. The molecule has 0 radical (unpaired) electrons. The van der Waals surface area contributed by atoms with Crippen LogP contribution in [0, 0.1) is 6.92 Å². The van der Waals surface area contributed by atoms with Crippen molar-refractivity contribution < 1.29 is 4.79 Å². The maximum Gasteiger partial charge on any atom is 0.279 e. The molecule has 144 valence electrons. The molecule has 3 aromatic carbocycles. The lowest BCUT2D eigenvalue weighted by Crippen LogP contribution is -2.16. The zero-order chi connectivity index (χ0) is 20.2. The molecule has 0 saturated carbocycles. The van der Waals surface area contributed by atoms with E-state index in [9.17, 15) is 4.79 Å². The average molecular weight is 399 g/mol. The lowest BCUT2D eigenvalue weighted by Gasteiger charge is -2.04. The lowest BCUT2D eigenvalue weighted by atomic mass is 10.0. The van der Waals surface area contributed by atoms with Crippen molar-refractivity contribution in [1.82, 2.24) is 4.57 Å². The first-order chi connectivity index (χ1) is 14.2. The third-order valence-corrected chi connectivity index (χ3v) is 5.91. The highest BCUT2D eigenvalue weighted by Crippen LogP contribution is 2.21. The normalized spacial score (nSPS) is 11.7.